The standard InChI is InChI=1S/C15H10FN5/c16-10-4-3-5-11(8-10)18-15-19-13-7-2-1-6-12(13)14-20-17-9-21(14)15/h1-9H,(H,18,19). The Hall–Kier alpha value is -3.02. The first-order valence-electron chi connectivity index (χ1n) is 6.42. The molecule has 0 aliphatic rings. The Morgan fingerprint density at radius 2 is 1.95 bits per heavy atom. The molecule has 0 saturated carbocycles. The van der Waals surface area contributed by atoms with Crippen LogP contribution < -0.4 is 5.32 Å². The van der Waals surface area contributed by atoms with Crippen LogP contribution in [-0.2, 0) is 0 Å². The zero-order valence-corrected chi connectivity index (χ0v) is 10.9. The third-order valence-corrected chi connectivity index (χ3v) is 3.23. The van der Waals surface area contributed by atoms with Gasteiger partial charge in [-0.2, -0.15) is 0 Å². The van der Waals surface area contributed by atoms with E-state index >= 15 is 0 Å². The molecule has 0 atom stereocenters. The monoisotopic (exact) mass is 279 g/mol. The minimum Gasteiger partial charge on any atom is -0.325 e. The Morgan fingerprint density at radius 3 is 2.86 bits per heavy atom. The first-order valence-corrected chi connectivity index (χ1v) is 6.42. The first kappa shape index (κ1) is 11.8. The van der Waals surface area contributed by atoms with Gasteiger partial charge in [-0.05, 0) is 30.3 Å². The molecule has 6 heteroatoms. The average molecular weight is 279 g/mol. The number of hydrogen-bond acceptors (Lipinski definition) is 4. The van der Waals surface area contributed by atoms with Crippen molar-refractivity contribution in [1.82, 2.24) is 19.6 Å². The van der Waals surface area contributed by atoms with Crippen molar-refractivity contribution in [2.45, 2.75) is 0 Å². The Bertz CT molecular complexity index is 947. The van der Waals surface area contributed by atoms with Gasteiger partial charge in [0.15, 0.2) is 5.65 Å². The number of benzene rings is 2. The fourth-order valence-electron chi connectivity index (χ4n) is 2.29. The molecule has 0 aliphatic heterocycles. The second kappa shape index (κ2) is 4.52. The third kappa shape index (κ3) is 1.97. The Kier molecular flexibility index (Phi) is 2.53. The topological polar surface area (TPSA) is 55.1 Å². The van der Waals surface area contributed by atoms with Crippen molar-refractivity contribution in [3.63, 3.8) is 0 Å². The summed E-state index contributed by atoms with van der Waals surface area (Å²) in [6.07, 6.45) is 1.58. The van der Waals surface area contributed by atoms with E-state index in [4.69, 9.17) is 0 Å². The highest BCUT2D eigenvalue weighted by atomic mass is 19.1. The van der Waals surface area contributed by atoms with Crippen LogP contribution in [-0.4, -0.2) is 19.6 Å². The van der Waals surface area contributed by atoms with Crippen molar-refractivity contribution in [2.24, 2.45) is 0 Å². The number of halogens is 1. The van der Waals surface area contributed by atoms with Crippen molar-refractivity contribution in [3.05, 3.63) is 60.7 Å². The van der Waals surface area contributed by atoms with Gasteiger partial charge >= 0.3 is 0 Å². The highest BCUT2D eigenvalue weighted by molar-refractivity contribution is 5.92. The number of nitrogens with one attached hydrogen (secondary N) is 1. The second-order valence-corrected chi connectivity index (χ2v) is 4.61. The van der Waals surface area contributed by atoms with Crippen LogP contribution in [0.4, 0.5) is 16.0 Å². The molecule has 2 aromatic heterocycles. The lowest BCUT2D eigenvalue weighted by Gasteiger charge is -2.09. The number of nitrogens with zero attached hydrogens (tertiary/aromatic N) is 4. The van der Waals surface area contributed by atoms with Gasteiger partial charge in [-0.25, -0.2) is 9.37 Å². The fraction of sp³-hybridized carbons (Fsp3) is 0. The molecule has 2 heterocycles. The molecule has 1 N–H and O–H groups in total. The molecule has 0 aliphatic carbocycles. The van der Waals surface area contributed by atoms with E-state index in [0.29, 0.717) is 17.3 Å². The predicted molar refractivity (Wildman–Crippen MR) is 78.0 cm³/mol. The molecule has 21 heavy (non-hydrogen) atoms. The molecule has 0 saturated heterocycles. The van der Waals surface area contributed by atoms with Crippen LogP contribution in [0, 0.1) is 5.82 Å². The van der Waals surface area contributed by atoms with Gasteiger partial charge in [0, 0.05) is 11.1 Å². The van der Waals surface area contributed by atoms with Gasteiger partial charge in [0.1, 0.15) is 12.1 Å². The summed E-state index contributed by atoms with van der Waals surface area (Å²) >= 11 is 0. The van der Waals surface area contributed by atoms with Crippen LogP contribution in [0.25, 0.3) is 16.6 Å². The van der Waals surface area contributed by atoms with Crippen LogP contribution in [0.5, 0.6) is 0 Å². The lowest BCUT2D eigenvalue weighted by molar-refractivity contribution is 0.628. The van der Waals surface area contributed by atoms with Crippen LogP contribution in [0.15, 0.2) is 54.9 Å². The zero-order chi connectivity index (χ0) is 14.2. The van der Waals surface area contributed by atoms with Crippen molar-refractivity contribution in [1.29, 1.82) is 0 Å². The predicted octanol–water partition coefficient (Wildman–Crippen LogP) is 3.16. The number of aromatic nitrogens is 4. The van der Waals surface area contributed by atoms with Gasteiger partial charge in [-0.15, -0.1) is 10.2 Å². The van der Waals surface area contributed by atoms with E-state index in [-0.39, 0.29) is 5.82 Å². The normalized spacial score (nSPS) is 11.1. The Labute approximate surface area is 119 Å². The summed E-state index contributed by atoms with van der Waals surface area (Å²) in [5.41, 5.74) is 2.13. The molecule has 0 radical (unpaired) electrons. The molecule has 102 valence electrons. The number of hydrogen-bond donors (Lipinski definition) is 1. The molecule has 0 spiro atoms. The molecule has 0 bridgehead atoms. The fourth-order valence-corrected chi connectivity index (χ4v) is 2.29. The molecule has 4 rings (SSSR count). The number of anilines is 2. The van der Waals surface area contributed by atoms with Crippen molar-refractivity contribution >= 4 is 28.2 Å². The summed E-state index contributed by atoms with van der Waals surface area (Å²) in [5.74, 6) is 0.236. The smallest absolute Gasteiger partial charge is 0.215 e. The maximum atomic E-state index is 13.3. The van der Waals surface area contributed by atoms with Crippen molar-refractivity contribution < 1.29 is 4.39 Å². The summed E-state index contributed by atoms with van der Waals surface area (Å²) in [6, 6.07) is 13.9. The van der Waals surface area contributed by atoms with Gasteiger partial charge in [0.2, 0.25) is 5.95 Å². The van der Waals surface area contributed by atoms with E-state index in [1.165, 1.54) is 12.1 Å². The SMILES string of the molecule is Fc1cccc(Nc2nc3ccccc3c3nncn23)c1. The number of para-hydroxylation sites is 1. The van der Waals surface area contributed by atoms with Crippen LogP contribution in [0.3, 0.4) is 0 Å². The molecule has 2 aromatic carbocycles. The molecule has 0 amide bonds. The minimum absolute atomic E-state index is 0.305. The minimum atomic E-state index is -0.305. The van der Waals surface area contributed by atoms with E-state index in [0.717, 1.165) is 10.9 Å². The van der Waals surface area contributed by atoms with Gasteiger partial charge in [-0.3, -0.25) is 4.40 Å². The van der Waals surface area contributed by atoms with E-state index in [1.54, 1.807) is 22.9 Å². The summed E-state index contributed by atoms with van der Waals surface area (Å²) in [4.78, 5) is 4.55. The molecular weight excluding hydrogens is 269 g/mol. The first-order chi connectivity index (χ1) is 10.3. The van der Waals surface area contributed by atoms with Crippen molar-refractivity contribution in [3.8, 4) is 0 Å². The van der Waals surface area contributed by atoms with Gasteiger partial charge in [-0.1, -0.05) is 18.2 Å². The summed E-state index contributed by atoms with van der Waals surface area (Å²) < 4.78 is 15.0. The quantitative estimate of drug-likeness (QED) is 0.612. The van der Waals surface area contributed by atoms with Crippen LogP contribution in [0.1, 0.15) is 0 Å². The molecule has 0 fully saturated rings. The van der Waals surface area contributed by atoms with E-state index in [1.807, 2.05) is 24.3 Å². The van der Waals surface area contributed by atoms with E-state index < -0.39 is 0 Å². The number of rotatable bonds is 2. The highest BCUT2D eigenvalue weighted by Gasteiger charge is 2.09. The lowest BCUT2D eigenvalue weighted by atomic mass is 10.2. The van der Waals surface area contributed by atoms with Crippen LogP contribution >= 0.6 is 0 Å². The molecule has 0 unspecified atom stereocenters. The highest BCUT2D eigenvalue weighted by Crippen LogP contribution is 2.22. The van der Waals surface area contributed by atoms with Crippen LogP contribution in [0.2, 0.25) is 0 Å². The average Bonchev–Trinajstić information content (AvgIpc) is 2.97. The summed E-state index contributed by atoms with van der Waals surface area (Å²) in [6.45, 7) is 0. The second-order valence-electron chi connectivity index (χ2n) is 4.61. The van der Waals surface area contributed by atoms with E-state index in [9.17, 15) is 4.39 Å². The largest absolute Gasteiger partial charge is 0.325 e. The Morgan fingerprint density at radius 1 is 1.05 bits per heavy atom. The summed E-state index contributed by atoms with van der Waals surface area (Å²) in [5, 5.41) is 12.1. The summed E-state index contributed by atoms with van der Waals surface area (Å²) in [7, 11) is 0. The molecule has 5 nitrogen and oxygen atoms in total. The third-order valence-electron chi connectivity index (χ3n) is 3.23. The number of fused-ring (bicyclic) bond motifs is 3. The van der Waals surface area contributed by atoms with Gasteiger partial charge in [0.25, 0.3) is 0 Å². The van der Waals surface area contributed by atoms with E-state index in [2.05, 4.69) is 20.5 Å². The van der Waals surface area contributed by atoms with Gasteiger partial charge in [0.05, 0.1) is 5.52 Å². The van der Waals surface area contributed by atoms with Gasteiger partial charge < -0.3 is 5.32 Å². The maximum absolute atomic E-state index is 13.3. The Balaban J connectivity index is 1.92. The molecule has 4 aromatic rings. The molecular formula is C15H10FN5. The zero-order valence-electron chi connectivity index (χ0n) is 10.9. The lowest BCUT2D eigenvalue weighted by Crippen LogP contribution is -2.02. The maximum Gasteiger partial charge on any atom is 0.215 e. The van der Waals surface area contributed by atoms with Crippen molar-refractivity contribution in [2.75, 3.05) is 5.32 Å².